The molecule has 1 aromatic carbocycles. The number of nitrogens with two attached hydrogens (primary N) is 1. The summed E-state index contributed by atoms with van der Waals surface area (Å²) >= 11 is 1.67. The summed E-state index contributed by atoms with van der Waals surface area (Å²) in [7, 11) is 4.03. The van der Waals surface area contributed by atoms with E-state index in [0.717, 1.165) is 32.7 Å². The van der Waals surface area contributed by atoms with Crippen LogP contribution in [0.1, 0.15) is 5.69 Å². The lowest BCUT2D eigenvalue weighted by Gasteiger charge is -2.10. The first-order chi connectivity index (χ1) is 12.5. The molecule has 0 aliphatic carbocycles. The zero-order chi connectivity index (χ0) is 18.7. The van der Waals surface area contributed by atoms with Crippen LogP contribution in [0, 0.1) is 6.92 Å². The number of nitrogens with zero attached hydrogens (tertiary/aromatic N) is 3. The minimum atomic E-state index is -0.236. The summed E-state index contributed by atoms with van der Waals surface area (Å²) in [6, 6.07) is 12.2. The van der Waals surface area contributed by atoms with Gasteiger partial charge in [-0.1, -0.05) is 12.1 Å². The number of rotatable bonds is 6. The van der Waals surface area contributed by atoms with Crippen molar-refractivity contribution in [3.05, 3.63) is 60.2 Å². The molecular formula is C20H23FN4S. The summed E-state index contributed by atoms with van der Waals surface area (Å²) in [5.41, 5.74) is 10.4. The van der Waals surface area contributed by atoms with Crippen molar-refractivity contribution in [1.29, 1.82) is 0 Å². The van der Waals surface area contributed by atoms with Gasteiger partial charge in [-0.3, -0.25) is 9.29 Å². The maximum absolute atomic E-state index is 14.1. The third-order valence-electron chi connectivity index (χ3n) is 4.14. The maximum Gasteiger partial charge on any atom is 0.117 e. The normalized spacial score (nSPS) is 12.3. The highest BCUT2D eigenvalue weighted by Crippen LogP contribution is 2.35. The van der Waals surface area contributed by atoms with Gasteiger partial charge >= 0.3 is 0 Å². The fourth-order valence-corrected chi connectivity index (χ4v) is 3.85. The molecule has 3 aromatic rings. The number of fused-ring (bicyclic) bond motifs is 1. The Morgan fingerprint density at radius 1 is 1.31 bits per heavy atom. The molecule has 0 atom stereocenters. The highest BCUT2D eigenvalue weighted by Gasteiger charge is 2.17. The van der Waals surface area contributed by atoms with Gasteiger partial charge in [-0.05, 0) is 68.9 Å². The van der Waals surface area contributed by atoms with Gasteiger partial charge in [0.1, 0.15) is 5.83 Å². The summed E-state index contributed by atoms with van der Waals surface area (Å²) in [5, 5.41) is 0. The van der Waals surface area contributed by atoms with Crippen LogP contribution in [0.4, 0.5) is 4.39 Å². The first-order valence-corrected chi connectivity index (χ1v) is 9.22. The second kappa shape index (κ2) is 8.03. The Kier molecular flexibility index (Phi) is 5.76. The Morgan fingerprint density at radius 2 is 2.12 bits per heavy atom. The van der Waals surface area contributed by atoms with E-state index in [0.29, 0.717) is 0 Å². The number of hydrogen-bond acceptors (Lipinski definition) is 4. The molecule has 0 unspecified atom stereocenters. The topological polar surface area (TPSA) is 47.1 Å². The molecule has 26 heavy (non-hydrogen) atoms. The van der Waals surface area contributed by atoms with Gasteiger partial charge in [-0.15, -0.1) is 0 Å². The van der Waals surface area contributed by atoms with Gasteiger partial charge in [0.05, 0.1) is 17.6 Å². The predicted octanol–water partition coefficient (Wildman–Crippen LogP) is 4.39. The number of allylic oxidation sites excluding steroid dienone is 1. The molecule has 0 saturated heterocycles. The monoisotopic (exact) mass is 370 g/mol. The molecule has 136 valence electrons. The van der Waals surface area contributed by atoms with Crippen LogP contribution in [-0.4, -0.2) is 34.5 Å². The molecule has 0 spiro atoms. The third kappa shape index (κ3) is 3.82. The Balaban J connectivity index is 2.15. The van der Waals surface area contributed by atoms with E-state index in [1.807, 2.05) is 43.8 Å². The van der Waals surface area contributed by atoms with Crippen molar-refractivity contribution in [3.63, 3.8) is 0 Å². The number of pyridine rings is 1. The van der Waals surface area contributed by atoms with E-state index in [-0.39, 0.29) is 18.9 Å². The average molecular weight is 370 g/mol. The molecular weight excluding hydrogens is 347 g/mol. The second-order valence-electron chi connectivity index (χ2n) is 6.24. The number of benzene rings is 1. The summed E-state index contributed by atoms with van der Waals surface area (Å²) in [6.07, 6.45) is 3.19. The molecule has 0 aliphatic heterocycles. The second-order valence-corrected chi connectivity index (χ2v) is 7.62. The molecule has 0 radical (unpaired) electrons. The van der Waals surface area contributed by atoms with Crippen molar-refractivity contribution in [1.82, 2.24) is 13.9 Å². The third-order valence-corrected chi connectivity index (χ3v) is 4.97. The Labute approximate surface area is 157 Å². The first-order valence-electron chi connectivity index (χ1n) is 8.45. The molecule has 0 aliphatic rings. The molecule has 2 N–H and O–H groups in total. The highest BCUT2D eigenvalue weighted by atomic mass is 32.2. The quantitative estimate of drug-likeness (QED) is 0.654. The molecule has 3 rings (SSSR count). The zero-order valence-electron chi connectivity index (χ0n) is 15.2. The summed E-state index contributed by atoms with van der Waals surface area (Å²) in [6.45, 7) is 2.37. The minimum absolute atomic E-state index is 0.164. The van der Waals surface area contributed by atoms with Crippen LogP contribution in [0.25, 0.3) is 22.2 Å². The molecule has 0 saturated carbocycles. The highest BCUT2D eigenvalue weighted by molar-refractivity contribution is 7.97. The van der Waals surface area contributed by atoms with E-state index >= 15 is 0 Å². The van der Waals surface area contributed by atoms with Crippen LogP contribution < -0.4 is 5.73 Å². The standard InChI is InChI=1S/C20H23FN4S/c1-14-19(15-6-4-7-17(12-15)26-24(2)3)20-18(8-5-11-23-20)25(14)13-16(21)9-10-22/h4-9,11-12H,10,13,22H2,1-3H3/b16-9-. The van der Waals surface area contributed by atoms with Crippen LogP contribution in [0.15, 0.2) is 59.4 Å². The Bertz CT molecular complexity index is 946. The van der Waals surface area contributed by atoms with Crippen molar-refractivity contribution >= 4 is 23.0 Å². The lowest BCUT2D eigenvalue weighted by molar-refractivity contribution is 0.555. The minimum Gasteiger partial charge on any atom is -0.336 e. The molecule has 2 heterocycles. The number of hydrogen-bond donors (Lipinski definition) is 1. The van der Waals surface area contributed by atoms with Crippen LogP contribution in [0.5, 0.6) is 0 Å². The van der Waals surface area contributed by atoms with Gasteiger partial charge in [0, 0.05) is 28.9 Å². The number of halogens is 1. The number of aromatic nitrogens is 2. The van der Waals surface area contributed by atoms with Gasteiger partial charge in [0.2, 0.25) is 0 Å². The predicted molar refractivity (Wildman–Crippen MR) is 108 cm³/mol. The molecule has 2 aromatic heterocycles. The Morgan fingerprint density at radius 3 is 2.85 bits per heavy atom. The molecule has 6 heteroatoms. The molecule has 0 fully saturated rings. The average Bonchev–Trinajstić information content (AvgIpc) is 2.87. The van der Waals surface area contributed by atoms with Crippen molar-refractivity contribution in [2.45, 2.75) is 18.4 Å². The first kappa shape index (κ1) is 18.6. The lowest BCUT2D eigenvalue weighted by atomic mass is 10.1. The van der Waals surface area contributed by atoms with E-state index < -0.39 is 0 Å². The fourth-order valence-electron chi connectivity index (χ4n) is 3.11. The largest absolute Gasteiger partial charge is 0.336 e. The van der Waals surface area contributed by atoms with Crippen molar-refractivity contribution in [3.8, 4) is 11.1 Å². The lowest BCUT2D eigenvalue weighted by Crippen LogP contribution is -2.03. The SMILES string of the molecule is Cc1c(-c2cccc(SN(C)C)c2)c2ncccc2n1C/C(F)=C/CN. The van der Waals surface area contributed by atoms with Crippen LogP contribution in [0.2, 0.25) is 0 Å². The van der Waals surface area contributed by atoms with E-state index in [1.165, 1.54) is 6.08 Å². The van der Waals surface area contributed by atoms with Crippen molar-refractivity contribution < 1.29 is 4.39 Å². The van der Waals surface area contributed by atoms with Gasteiger partial charge in [-0.25, -0.2) is 4.39 Å². The van der Waals surface area contributed by atoms with E-state index in [1.54, 1.807) is 18.1 Å². The maximum atomic E-state index is 14.1. The van der Waals surface area contributed by atoms with Gasteiger partial charge < -0.3 is 10.3 Å². The van der Waals surface area contributed by atoms with E-state index in [2.05, 4.69) is 27.5 Å². The van der Waals surface area contributed by atoms with Gasteiger partial charge in [-0.2, -0.15) is 0 Å². The van der Waals surface area contributed by atoms with Crippen molar-refractivity contribution in [2.75, 3.05) is 20.6 Å². The molecule has 0 amide bonds. The molecule has 4 nitrogen and oxygen atoms in total. The summed E-state index contributed by atoms with van der Waals surface area (Å²) < 4.78 is 18.2. The summed E-state index contributed by atoms with van der Waals surface area (Å²) in [5.74, 6) is -0.236. The zero-order valence-corrected chi connectivity index (χ0v) is 16.1. The van der Waals surface area contributed by atoms with Crippen LogP contribution in [-0.2, 0) is 6.54 Å². The van der Waals surface area contributed by atoms with Gasteiger partial charge in [0.25, 0.3) is 0 Å². The Hall–Kier alpha value is -2.15. The van der Waals surface area contributed by atoms with Gasteiger partial charge in [0.15, 0.2) is 0 Å². The van der Waals surface area contributed by atoms with Crippen LogP contribution in [0.3, 0.4) is 0 Å². The van der Waals surface area contributed by atoms with E-state index in [9.17, 15) is 4.39 Å². The van der Waals surface area contributed by atoms with Crippen molar-refractivity contribution in [2.24, 2.45) is 5.73 Å². The molecule has 0 bridgehead atoms. The smallest absolute Gasteiger partial charge is 0.117 e. The summed E-state index contributed by atoms with van der Waals surface area (Å²) in [4.78, 5) is 5.73. The van der Waals surface area contributed by atoms with Crippen LogP contribution >= 0.6 is 11.9 Å². The fraction of sp³-hybridized carbons (Fsp3) is 0.250. The van der Waals surface area contributed by atoms with E-state index in [4.69, 9.17) is 5.73 Å².